The van der Waals surface area contributed by atoms with Gasteiger partial charge >= 0.3 is 6.18 Å². The number of aryl methyl sites for hydroxylation is 1. The average molecular weight is 437 g/mol. The Labute approximate surface area is 181 Å². The van der Waals surface area contributed by atoms with Gasteiger partial charge in [-0.2, -0.15) is 18.2 Å². The largest absolute Gasteiger partial charge is 0.416 e. The first-order chi connectivity index (χ1) is 15.2. The van der Waals surface area contributed by atoms with Gasteiger partial charge in [0.1, 0.15) is 0 Å². The third-order valence-corrected chi connectivity index (χ3v) is 4.91. The molecule has 6 nitrogen and oxygen atoms in total. The first-order valence-corrected chi connectivity index (χ1v) is 9.65. The summed E-state index contributed by atoms with van der Waals surface area (Å²) in [5, 5.41) is 6.12. The number of hydrogen-bond donors (Lipinski definition) is 2. The van der Waals surface area contributed by atoms with E-state index in [9.17, 15) is 18.0 Å². The van der Waals surface area contributed by atoms with Crippen LogP contribution in [0.25, 0.3) is 22.2 Å². The third-order valence-electron chi connectivity index (χ3n) is 4.91. The van der Waals surface area contributed by atoms with Gasteiger partial charge in [0.05, 0.1) is 5.56 Å². The molecule has 9 heteroatoms. The molecule has 0 aliphatic rings. The fraction of sp³-hybridized carbons (Fsp3) is 0.130. The summed E-state index contributed by atoms with van der Waals surface area (Å²) in [5.41, 5.74) is 2.53. The lowest BCUT2D eigenvalue weighted by Crippen LogP contribution is -2.13. The molecule has 0 aliphatic heterocycles. The number of pyridine rings is 1. The number of rotatable bonds is 4. The zero-order chi connectivity index (χ0) is 22.9. The van der Waals surface area contributed by atoms with Gasteiger partial charge in [-0.15, -0.1) is 0 Å². The zero-order valence-electron chi connectivity index (χ0n) is 17.2. The van der Waals surface area contributed by atoms with Crippen LogP contribution in [0.5, 0.6) is 0 Å². The first kappa shape index (κ1) is 21.2. The molecule has 0 saturated heterocycles. The van der Waals surface area contributed by atoms with Gasteiger partial charge in [0.2, 0.25) is 5.95 Å². The average Bonchev–Trinajstić information content (AvgIpc) is 2.78. The van der Waals surface area contributed by atoms with Gasteiger partial charge in [0.15, 0.2) is 5.65 Å². The number of amides is 1. The summed E-state index contributed by atoms with van der Waals surface area (Å²) in [6.45, 7) is 1.90. The Kier molecular flexibility index (Phi) is 5.48. The number of benzene rings is 2. The van der Waals surface area contributed by atoms with Crippen LogP contribution in [-0.4, -0.2) is 27.9 Å². The summed E-state index contributed by atoms with van der Waals surface area (Å²) in [7, 11) is 1.72. The molecule has 0 radical (unpaired) electrons. The Morgan fingerprint density at radius 3 is 2.56 bits per heavy atom. The normalized spacial score (nSPS) is 11.4. The van der Waals surface area contributed by atoms with Crippen LogP contribution in [-0.2, 0) is 6.18 Å². The SMILES string of the molecule is CNc1ncc2cc(-c3cc(C(=O)Nc4cccc(C(F)(F)F)c4)ccc3C)cnc2n1. The molecule has 0 unspecified atom stereocenters. The van der Waals surface area contributed by atoms with E-state index < -0.39 is 17.6 Å². The Balaban J connectivity index is 1.64. The minimum Gasteiger partial charge on any atom is -0.357 e. The summed E-state index contributed by atoms with van der Waals surface area (Å²) in [5.74, 6) is -0.0523. The number of fused-ring (bicyclic) bond motifs is 1. The second kappa shape index (κ2) is 8.26. The van der Waals surface area contributed by atoms with E-state index in [0.29, 0.717) is 17.2 Å². The molecule has 0 aliphatic carbocycles. The van der Waals surface area contributed by atoms with Crippen LogP contribution in [0, 0.1) is 6.92 Å². The maximum absolute atomic E-state index is 12.9. The predicted octanol–water partition coefficient (Wildman–Crippen LogP) is 5.31. The van der Waals surface area contributed by atoms with Crippen molar-refractivity contribution in [3.8, 4) is 11.1 Å². The number of carbonyl (C=O) groups is 1. The standard InChI is InChI=1S/C23H18F3N5O/c1-13-6-7-14(21(32)30-18-5-3-4-17(10-18)23(24,25)26)9-19(13)15-8-16-12-29-22(27-2)31-20(16)28-11-15/h3-12H,1-2H3,(H,30,32)(H,27,28,29,31). The summed E-state index contributed by atoms with van der Waals surface area (Å²) in [4.78, 5) is 25.6. The van der Waals surface area contributed by atoms with Crippen LogP contribution in [0.4, 0.5) is 24.8 Å². The maximum atomic E-state index is 12.9. The quantitative estimate of drug-likeness (QED) is 0.452. The highest BCUT2D eigenvalue weighted by Crippen LogP contribution is 2.31. The molecule has 162 valence electrons. The van der Waals surface area contributed by atoms with E-state index in [1.807, 2.05) is 13.0 Å². The van der Waals surface area contributed by atoms with Gasteiger partial charge < -0.3 is 10.6 Å². The molecule has 0 saturated carbocycles. The Morgan fingerprint density at radius 1 is 1.00 bits per heavy atom. The van der Waals surface area contributed by atoms with E-state index in [-0.39, 0.29) is 5.69 Å². The van der Waals surface area contributed by atoms with Gasteiger partial charge in [0.25, 0.3) is 5.91 Å². The van der Waals surface area contributed by atoms with E-state index >= 15 is 0 Å². The molecule has 0 fully saturated rings. The Morgan fingerprint density at radius 2 is 1.81 bits per heavy atom. The molecule has 2 aromatic carbocycles. The highest BCUT2D eigenvalue weighted by Gasteiger charge is 2.30. The number of alkyl halides is 3. The number of hydrogen-bond acceptors (Lipinski definition) is 5. The number of anilines is 2. The number of nitrogens with zero attached hydrogens (tertiary/aromatic N) is 3. The smallest absolute Gasteiger partial charge is 0.357 e. The van der Waals surface area contributed by atoms with Crippen molar-refractivity contribution >= 4 is 28.6 Å². The molecule has 0 atom stereocenters. The Bertz CT molecular complexity index is 1320. The lowest BCUT2D eigenvalue weighted by molar-refractivity contribution is -0.137. The fourth-order valence-electron chi connectivity index (χ4n) is 3.24. The fourth-order valence-corrected chi connectivity index (χ4v) is 3.24. The molecule has 4 rings (SSSR count). The van der Waals surface area contributed by atoms with Gasteiger partial charge in [0, 0.05) is 41.6 Å². The number of halogens is 3. The molecular weight excluding hydrogens is 419 g/mol. The van der Waals surface area contributed by atoms with E-state index in [2.05, 4.69) is 25.6 Å². The summed E-state index contributed by atoms with van der Waals surface area (Å²) >= 11 is 0. The van der Waals surface area contributed by atoms with Crippen LogP contribution in [0.1, 0.15) is 21.5 Å². The Hall–Kier alpha value is -4.01. The van der Waals surface area contributed by atoms with E-state index in [0.717, 1.165) is 34.2 Å². The summed E-state index contributed by atoms with van der Waals surface area (Å²) in [6.07, 6.45) is -1.17. The highest BCUT2D eigenvalue weighted by molar-refractivity contribution is 6.05. The van der Waals surface area contributed by atoms with E-state index in [4.69, 9.17) is 0 Å². The third kappa shape index (κ3) is 4.36. The molecule has 0 spiro atoms. The lowest BCUT2D eigenvalue weighted by atomic mass is 9.98. The van der Waals surface area contributed by atoms with Crippen molar-refractivity contribution < 1.29 is 18.0 Å². The van der Waals surface area contributed by atoms with Crippen molar-refractivity contribution in [2.75, 3.05) is 17.7 Å². The van der Waals surface area contributed by atoms with Crippen molar-refractivity contribution in [1.82, 2.24) is 15.0 Å². The first-order valence-electron chi connectivity index (χ1n) is 9.65. The van der Waals surface area contributed by atoms with E-state index in [1.54, 1.807) is 37.6 Å². The van der Waals surface area contributed by atoms with Crippen molar-refractivity contribution in [1.29, 1.82) is 0 Å². The molecule has 2 heterocycles. The molecule has 32 heavy (non-hydrogen) atoms. The lowest BCUT2D eigenvalue weighted by Gasteiger charge is -2.12. The van der Waals surface area contributed by atoms with Crippen molar-refractivity contribution in [3.63, 3.8) is 0 Å². The van der Waals surface area contributed by atoms with Crippen molar-refractivity contribution in [3.05, 3.63) is 77.6 Å². The van der Waals surface area contributed by atoms with E-state index in [1.165, 1.54) is 12.1 Å². The topological polar surface area (TPSA) is 79.8 Å². The van der Waals surface area contributed by atoms with Gasteiger partial charge in [-0.3, -0.25) is 4.79 Å². The second-order valence-corrected chi connectivity index (χ2v) is 7.14. The number of aromatic nitrogens is 3. The zero-order valence-corrected chi connectivity index (χ0v) is 17.2. The number of carbonyl (C=O) groups excluding carboxylic acids is 1. The molecule has 4 aromatic rings. The van der Waals surface area contributed by atoms with Crippen LogP contribution < -0.4 is 10.6 Å². The predicted molar refractivity (Wildman–Crippen MR) is 116 cm³/mol. The van der Waals surface area contributed by atoms with Crippen LogP contribution in [0.2, 0.25) is 0 Å². The molecular formula is C23H18F3N5O. The maximum Gasteiger partial charge on any atom is 0.416 e. The van der Waals surface area contributed by atoms with Crippen molar-refractivity contribution in [2.24, 2.45) is 0 Å². The molecule has 1 amide bonds. The minimum atomic E-state index is -4.49. The van der Waals surface area contributed by atoms with Gasteiger partial charge in [-0.05, 0) is 54.4 Å². The molecule has 0 bridgehead atoms. The minimum absolute atomic E-state index is 0.0665. The monoisotopic (exact) mass is 437 g/mol. The van der Waals surface area contributed by atoms with Gasteiger partial charge in [-0.1, -0.05) is 12.1 Å². The number of nitrogens with one attached hydrogen (secondary N) is 2. The van der Waals surface area contributed by atoms with Crippen LogP contribution >= 0.6 is 0 Å². The van der Waals surface area contributed by atoms with Crippen LogP contribution in [0.3, 0.4) is 0 Å². The van der Waals surface area contributed by atoms with Crippen LogP contribution in [0.15, 0.2) is 60.9 Å². The summed E-state index contributed by atoms with van der Waals surface area (Å²) < 4.78 is 38.8. The second-order valence-electron chi connectivity index (χ2n) is 7.14. The molecule has 2 N–H and O–H groups in total. The summed E-state index contributed by atoms with van der Waals surface area (Å²) in [6, 6.07) is 11.5. The highest BCUT2D eigenvalue weighted by atomic mass is 19.4. The van der Waals surface area contributed by atoms with Crippen molar-refractivity contribution in [2.45, 2.75) is 13.1 Å². The molecule has 2 aromatic heterocycles. The van der Waals surface area contributed by atoms with Gasteiger partial charge in [-0.25, -0.2) is 9.97 Å².